The van der Waals surface area contributed by atoms with Crippen molar-refractivity contribution in [3.8, 4) is 0 Å². The summed E-state index contributed by atoms with van der Waals surface area (Å²) in [5.41, 5.74) is 3.56. The van der Waals surface area contributed by atoms with Crippen LogP contribution >= 0.6 is 15.9 Å². The lowest BCUT2D eigenvalue weighted by atomic mass is 10.1. The fourth-order valence-electron chi connectivity index (χ4n) is 1.76. The third-order valence-corrected chi connectivity index (χ3v) is 2.90. The van der Waals surface area contributed by atoms with Gasteiger partial charge >= 0.3 is 0 Å². The van der Waals surface area contributed by atoms with Gasteiger partial charge < -0.3 is 4.98 Å². The molecule has 0 fully saturated rings. The average molecular weight is 245 g/mol. The van der Waals surface area contributed by atoms with Gasteiger partial charge in [-0.25, -0.2) is 0 Å². The summed E-state index contributed by atoms with van der Waals surface area (Å²) < 4.78 is 1.11. The molecule has 1 N–H and O–H groups in total. The summed E-state index contributed by atoms with van der Waals surface area (Å²) in [6.45, 7) is 0. The molecule has 0 saturated heterocycles. The van der Waals surface area contributed by atoms with Gasteiger partial charge in [-0.2, -0.15) is 0 Å². The van der Waals surface area contributed by atoms with Crippen molar-refractivity contribution in [1.29, 1.82) is 0 Å². The fourth-order valence-corrected chi connectivity index (χ4v) is 2.12. The Hall–Kier alpha value is -1.37. The monoisotopic (exact) mass is 244 g/mol. The first-order valence-electron chi connectivity index (χ1n) is 4.42. The Kier molecular flexibility index (Phi) is 1.60. The van der Waals surface area contributed by atoms with Crippen molar-refractivity contribution < 1.29 is 0 Å². The molecular formula is C12H7BrN+. The van der Waals surface area contributed by atoms with E-state index in [9.17, 15) is 0 Å². The third-order valence-electron chi connectivity index (χ3n) is 2.41. The zero-order valence-corrected chi connectivity index (χ0v) is 8.93. The van der Waals surface area contributed by atoms with Crippen LogP contribution in [0.5, 0.6) is 0 Å². The second kappa shape index (κ2) is 2.81. The van der Waals surface area contributed by atoms with E-state index in [1.165, 1.54) is 16.5 Å². The van der Waals surface area contributed by atoms with Crippen LogP contribution in [0.1, 0.15) is 11.3 Å². The van der Waals surface area contributed by atoms with Crippen LogP contribution < -0.4 is 0 Å². The van der Waals surface area contributed by atoms with E-state index in [4.69, 9.17) is 0 Å². The maximum atomic E-state index is 3.48. The van der Waals surface area contributed by atoms with Crippen LogP contribution in [0.25, 0.3) is 23.1 Å². The first-order valence-corrected chi connectivity index (χ1v) is 5.21. The van der Waals surface area contributed by atoms with Gasteiger partial charge in [-0.1, -0.05) is 15.9 Å². The molecule has 0 unspecified atom stereocenters. The van der Waals surface area contributed by atoms with Gasteiger partial charge in [0, 0.05) is 15.9 Å². The second-order valence-electron chi connectivity index (χ2n) is 3.29. The van der Waals surface area contributed by atoms with Crippen LogP contribution in [-0.2, 0) is 0 Å². The van der Waals surface area contributed by atoms with Gasteiger partial charge in [-0.05, 0) is 18.2 Å². The van der Waals surface area contributed by atoms with E-state index < -0.39 is 0 Å². The summed E-state index contributed by atoms with van der Waals surface area (Å²) in [6, 6.07) is 6.26. The van der Waals surface area contributed by atoms with E-state index in [2.05, 4.69) is 45.2 Å². The molecular weight excluding hydrogens is 238 g/mol. The predicted octanol–water partition coefficient (Wildman–Crippen LogP) is 3.77. The maximum absolute atomic E-state index is 3.48. The molecule has 0 atom stereocenters. The van der Waals surface area contributed by atoms with Crippen molar-refractivity contribution in [1.82, 2.24) is 4.98 Å². The molecule has 1 aromatic carbocycles. The molecule has 0 spiro atoms. The summed E-state index contributed by atoms with van der Waals surface area (Å²) in [5, 5.41) is 1.25. The quantitative estimate of drug-likeness (QED) is 0.680. The standard InChI is InChI=1S/C12H7BrN/c13-8-5-6-12-10(7-8)9-3-1-2-4-11(9)14-12/h1,3-7,14H/q+1. The van der Waals surface area contributed by atoms with Crippen LogP contribution in [-0.4, -0.2) is 4.98 Å². The van der Waals surface area contributed by atoms with Crippen molar-refractivity contribution in [3.05, 3.63) is 46.1 Å². The predicted molar refractivity (Wildman–Crippen MR) is 62.7 cm³/mol. The highest BCUT2D eigenvalue weighted by molar-refractivity contribution is 9.10. The third kappa shape index (κ3) is 1.05. The summed E-state index contributed by atoms with van der Waals surface area (Å²) in [6.07, 6.45) is 9.07. The molecule has 0 bridgehead atoms. The number of hydrogen-bond donors (Lipinski definition) is 1. The lowest BCUT2D eigenvalue weighted by Crippen LogP contribution is -1.78. The fraction of sp³-hybridized carbons (Fsp3) is 0. The van der Waals surface area contributed by atoms with Gasteiger partial charge in [-0.3, -0.25) is 0 Å². The molecule has 0 amide bonds. The minimum absolute atomic E-state index is 1.11. The number of fused-ring (bicyclic) bond motifs is 3. The highest BCUT2D eigenvalue weighted by Gasteiger charge is 2.16. The number of aromatic nitrogens is 1. The van der Waals surface area contributed by atoms with Gasteiger partial charge in [0.2, 0.25) is 0 Å². The normalized spacial score (nSPS) is 12.9. The molecule has 1 aromatic heterocycles. The van der Waals surface area contributed by atoms with Gasteiger partial charge in [0.1, 0.15) is 17.7 Å². The second-order valence-corrected chi connectivity index (χ2v) is 4.20. The van der Waals surface area contributed by atoms with Crippen LogP contribution in [0.2, 0.25) is 0 Å². The highest BCUT2D eigenvalue weighted by atomic mass is 79.9. The largest absolute Gasteiger partial charge is 0.301 e. The molecule has 2 aromatic rings. The van der Waals surface area contributed by atoms with E-state index >= 15 is 0 Å². The molecule has 1 aliphatic rings. The van der Waals surface area contributed by atoms with Gasteiger partial charge in [0.05, 0.1) is 11.6 Å². The van der Waals surface area contributed by atoms with Gasteiger partial charge in [0.15, 0.2) is 5.69 Å². The number of benzene rings is 1. The lowest BCUT2D eigenvalue weighted by molar-refractivity contribution is 1.41. The number of hydrogen-bond acceptors (Lipinski definition) is 0. The van der Waals surface area contributed by atoms with Crippen molar-refractivity contribution in [3.63, 3.8) is 0 Å². The molecule has 1 aliphatic carbocycles. The zero-order valence-electron chi connectivity index (χ0n) is 7.34. The summed E-state index contributed by atoms with van der Waals surface area (Å²) >= 11 is 3.48. The number of halogens is 1. The molecule has 2 heteroatoms. The Bertz CT molecular complexity index is 561. The van der Waals surface area contributed by atoms with E-state index in [0.29, 0.717) is 0 Å². The van der Waals surface area contributed by atoms with Crippen molar-refractivity contribution in [2.24, 2.45) is 0 Å². The van der Waals surface area contributed by atoms with Gasteiger partial charge in [-0.15, -0.1) is 0 Å². The number of rotatable bonds is 0. The minimum Gasteiger partial charge on any atom is -0.301 e. The minimum atomic E-state index is 1.11. The van der Waals surface area contributed by atoms with E-state index in [0.717, 1.165) is 10.2 Å². The number of H-pyrrole nitrogens is 1. The molecule has 1 heterocycles. The molecule has 1 nitrogen and oxygen atoms in total. The van der Waals surface area contributed by atoms with Crippen molar-refractivity contribution in [2.45, 2.75) is 0 Å². The summed E-state index contributed by atoms with van der Waals surface area (Å²) in [4.78, 5) is 3.35. The Morgan fingerprint density at radius 3 is 3.14 bits per heavy atom. The zero-order chi connectivity index (χ0) is 9.54. The molecule has 0 saturated carbocycles. The number of allylic oxidation sites excluding steroid dienone is 2. The first kappa shape index (κ1) is 7.98. The highest BCUT2D eigenvalue weighted by Crippen LogP contribution is 2.29. The Labute approximate surface area is 90.3 Å². The Morgan fingerprint density at radius 1 is 1.29 bits per heavy atom. The van der Waals surface area contributed by atoms with Crippen molar-refractivity contribution >= 4 is 39.0 Å². The smallest absolute Gasteiger partial charge is 0.159 e. The summed E-state index contributed by atoms with van der Waals surface area (Å²) in [5.74, 6) is 0. The molecule has 0 aliphatic heterocycles. The van der Waals surface area contributed by atoms with Crippen LogP contribution in [0.3, 0.4) is 0 Å². The lowest BCUT2D eigenvalue weighted by Gasteiger charge is -1.90. The molecule has 3 rings (SSSR count). The average Bonchev–Trinajstić information content (AvgIpc) is 2.56. The first-order chi connectivity index (χ1) is 6.84. The Balaban J connectivity index is 2.45. The van der Waals surface area contributed by atoms with Gasteiger partial charge in [0.25, 0.3) is 0 Å². The number of aromatic amines is 1. The SMILES string of the molecule is Brc1ccc2[nH]c3c(c2c1)C=C[C+]=C3. The molecule has 0 radical (unpaired) electrons. The summed E-state index contributed by atoms with van der Waals surface area (Å²) in [7, 11) is 0. The van der Waals surface area contributed by atoms with E-state index in [1.807, 2.05) is 18.2 Å². The van der Waals surface area contributed by atoms with Crippen molar-refractivity contribution in [2.75, 3.05) is 0 Å². The number of nitrogens with one attached hydrogen (secondary N) is 1. The molecule has 66 valence electrons. The van der Waals surface area contributed by atoms with Crippen LogP contribution in [0.4, 0.5) is 0 Å². The topological polar surface area (TPSA) is 15.8 Å². The van der Waals surface area contributed by atoms with Crippen LogP contribution in [0, 0.1) is 6.08 Å². The van der Waals surface area contributed by atoms with E-state index in [-0.39, 0.29) is 0 Å². The van der Waals surface area contributed by atoms with E-state index in [1.54, 1.807) is 0 Å². The molecule has 14 heavy (non-hydrogen) atoms. The van der Waals surface area contributed by atoms with Crippen LogP contribution in [0.15, 0.2) is 28.7 Å². The maximum Gasteiger partial charge on any atom is 0.159 e. The Morgan fingerprint density at radius 2 is 2.21 bits per heavy atom.